The summed E-state index contributed by atoms with van der Waals surface area (Å²) in [7, 11) is 0. The summed E-state index contributed by atoms with van der Waals surface area (Å²) in [4.78, 5) is 15.5. The third-order valence-corrected chi connectivity index (χ3v) is 3.96. The Kier molecular flexibility index (Phi) is 3.01. The number of carbonyl (C=O) groups excluding carboxylic acids is 1. The predicted molar refractivity (Wildman–Crippen MR) is 78.0 cm³/mol. The van der Waals surface area contributed by atoms with E-state index in [1.165, 1.54) is 4.70 Å². The van der Waals surface area contributed by atoms with Crippen molar-refractivity contribution < 1.29 is 4.79 Å². The Morgan fingerprint density at radius 1 is 1.11 bits per heavy atom. The number of para-hydroxylation sites is 1. The Hall–Kier alpha value is -2.20. The number of amides is 1. The molecule has 0 saturated carbocycles. The van der Waals surface area contributed by atoms with E-state index in [2.05, 4.69) is 11.1 Å². The molecule has 0 aliphatic rings. The van der Waals surface area contributed by atoms with Gasteiger partial charge in [-0.2, -0.15) is 0 Å². The molecule has 3 rings (SSSR count). The number of carbonyl (C=O) groups is 1. The van der Waals surface area contributed by atoms with Crippen LogP contribution < -0.4 is 5.73 Å². The maximum atomic E-state index is 10.9. The molecule has 0 atom stereocenters. The molecule has 1 heterocycles. The highest BCUT2D eigenvalue weighted by Gasteiger charge is 2.06. The molecule has 0 aliphatic carbocycles. The maximum Gasteiger partial charge on any atom is 0.221 e. The second kappa shape index (κ2) is 4.82. The minimum atomic E-state index is -0.312. The van der Waals surface area contributed by atoms with Gasteiger partial charge >= 0.3 is 0 Å². The standard InChI is InChI=1S/C15H12N2OS/c16-14(18)9-10-5-7-11(8-6-10)15-17-12-3-1-2-4-13(12)19-15/h1-8H,9H2,(H2,16,18). The highest BCUT2D eigenvalue weighted by molar-refractivity contribution is 7.21. The van der Waals surface area contributed by atoms with Crippen LogP contribution >= 0.6 is 11.3 Å². The summed E-state index contributed by atoms with van der Waals surface area (Å²) in [5.74, 6) is -0.312. The van der Waals surface area contributed by atoms with Gasteiger partial charge in [-0.15, -0.1) is 11.3 Å². The van der Waals surface area contributed by atoms with Crippen LogP contribution in [0.3, 0.4) is 0 Å². The van der Waals surface area contributed by atoms with Gasteiger partial charge in [-0.05, 0) is 17.7 Å². The third kappa shape index (κ3) is 2.48. The molecule has 4 heteroatoms. The lowest BCUT2D eigenvalue weighted by Gasteiger charge is -1.99. The van der Waals surface area contributed by atoms with Crippen molar-refractivity contribution in [3.05, 3.63) is 54.1 Å². The Balaban J connectivity index is 1.95. The number of benzene rings is 2. The molecule has 0 bridgehead atoms. The molecule has 0 saturated heterocycles. The van der Waals surface area contributed by atoms with Crippen molar-refractivity contribution in [2.45, 2.75) is 6.42 Å². The molecule has 3 nitrogen and oxygen atoms in total. The van der Waals surface area contributed by atoms with Gasteiger partial charge in [-0.1, -0.05) is 36.4 Å². The van der Waals surface area contributed by atoms with E-state index in [9.17, 15) is 4.79 Å². The van der Waals surface area contributed by atoms with E-state index in [0.717, 1.165) is 21.7 Å². The van der Waals surface area contributed by atoms with E-state index >= 15 is 0 Å². The fourth-order valence-electron chi connectivity index (χ4n) is 1.96. The van der Waals surface area contributed by atoms with E-state index in [1.807, 2.05) is 42.5 Å². The first-order valence-electron chi connectivity index (χ1n) is 5.95. The van der Waals surface area contributed by atoms with Crippen molar-refractivity contribution in [2.75, 3.05) is 0 Å². The lowest BCUT2D eigenvalue weighted by Crippen LogP contribution is -2.13. The first-order chi connectivity index (χ1) is 9.22. The fourth-order valence-corrected chi connectivity index (χ4v) is 2.93. The summed E-state index contributed by atoms with van der Waals surface area (Å²) in [6.07, 6.45) is 0.278. The zero-order valence-corrected chi connectivity index (χ0v) is 11.0. The van der Waals surface area contributed by atoms with Gasteiger partial charge in [0.05, 0.1) is 16.6 Å². The molecule has 0 fully saturated rings. The van der Waals surface area contributed by atoms with Crippen LogP contribution in [0.2, 0.25) is 0 Å². The summed E-state index contributed by atoms with van der Waals surface area (Å²) < 4.78 is 1.18. The zero-order chi connectivity index (χ0) is 13.2. The Morgan fingerprint density at radius 3 is 2.53 bits per heavy atom. The third-order valence-electron chi connectivity index (χ3n) is 2.87. The van der Waals surface area contributed by atoms with Gasteiger partial charge in [0.1, 0.15) is 5.01 Å². The normalized spacial score (nSPS) is 10.7. The van der Waals surface area contributed by atoms with Gasteiger partial charge in [-0.3, -0.25) is 4.79 Å². The molecule has 1 amide bonds. The number of nitrogens with two attached hydrogens (primary N) is 1. The number of primary amides is 1. The van der Waals surface area contributed by atoms with Gasteiger partial charge in [0.15, 0.2) is 0 Å². The summed E-state index contributed by atoms with van der Waals surface area (Å²) in [6, 6.07) is 15.9. The monoisotopic (exact) mass is 268 g/mol. The summed E-state index contributed by atoms with van der Waals surface area (Å²) >= 11 is 1.67. The van der Waals surface area contributed by atoms with Crippen molar-refractivity contribution in [1.29, 1.82) is 0 Å². The zero-order valence-electron chi connectivity index (χ0n) is 10.2. The summed E-state index contributed by atoms with van der Waals surface area (Å²) in [6.45, 7) is 0. The fraction of sp³-hybridized carbons (Fsp3) is 0.0667. The van der Waals surface area contributed by atoms with Gasteiger partial charge in [0.2, 0.25) is 5.91 Å². The lowest BCUT2D eigenvalue weighted by atomic mass is 10.1. The van der Waals surface area contributed by atoms with E-state index in [1.54, 1.807) is 11.3 Å². The van der Waals surface area contributed by atoms with Crippen molar-refractivity contribution in [1.82, 2.24) is 4.98 Å². The van der Waals surface area contributed by atoms with Crippen molar-refractivity contribution in [3.63, 3.8) is 0 Å². The number of fused-ring (bicyclic) bond motifs is 1. The molecule has 2 aromatic carbocycles. The van der Waals surface area contributed by atoms with Crippen LogP contribution in [0.4, 0.5) is 0 Å². The van der Waals surface area contributed by atoms with Crippen LogP contribution in [-0.4, -0.2) is 10.9 Å². The van der Waals surface area contributed by atoms with Gasteiger partial charge in [0.25, 0.3) is 0 Å². The van der Waals surface area contributed by atoms with Crippen LogP contribution in [0.15, 0.2) is 48.5 Å². The Bertz CT molecular complexity index is 698. The molecule has 3 aromatic rings. The van der Waals surface area contributed by atoms with Gasteiger partial charge < -0.3 is 5.73 Å². The number of hydrogen-bond acceptors (Lipinski definition) is 3. The van der Waals surface area contributed by atoms with E-state index in [0.29, 0.717) is 0 Å². The highest BCUT2D eigenvalue weighted by atomic mass is 32.1. The van der Waals surface area contributed by atoms with Crippen LogP contribution in [0, 0.1) is 0 Å². The largest absolute Gasteiger partial charge is 0.369 e. The van der Waals surface area contributed by atoms with E-state index in [4.69, 9.17) is 5.73 Å². The molecular weight excluding hydrogens is 256 g/mol. The molecule has 94 valence electrons. The molecule has 0 aliphatic heterocycles. The van der Waals surface area contributed by atoms with Crippen molar-refractivity contribution in [2.24, 2.45) is 5.73 Å². The minimum absolute atomic E-state index is 0.278. The smallest absolute Gasteiger partial charge is 0.221 e. The number of nitrogens with zero attached hydrogens (tertiary/aromatic N) is 1. The minimum Gasteiger partial charge on any atom is -0.369 e. The molecule has 0 radical (unpaired) electrons. The average molecular weight is 268 g/mol. The van der Waals surface area contributed by atoms with Crippen LogP contribution in [0.1, 0.15) is 5.56 Å². The van der Waals surface area contributed by atoms with Gasteiger partial charge in [-0.25, -0.2) is 4.98 Å². The van der Waals surface area contributed by atoms with Crippen molar-refractivity contribution in [3.8, 4) is 10.6 Å². The Labute approximate surface area is 114 Å². The van der Waals surface area contributed by atoms with Crippen LogP contribution in [0.5, 0.6) is 0 Å². The first kappa shape index (κ1) is 11.9. The lowest BCUT2D eigenvalue weighted by molar-refractivity contribution is -0.117. The molecule has 19 heavy (non-hydrogen) atoms. The quantitative estimate of drug-likeness (QED) is 0.794. The Morgan fingerprint density at radius 2 is 1.84 bits per heavy atom. The SMILES string of the molecule is NC(=O)Cc1ccc(-c2nc3ccccc3s2)cc1. The van der Waals surface area contributed by atoms with E-state index < -0.39 is 0 Å². The average Bonchev–Trinajstić information content (AvgIpc) is 2.82. The molecule has 1 aromatic heterocycles. The van der Waals surface area contributed by atoms with Gasteiger partial charge in [0, 0.05) is 5.56 Å². The summed E-state index contributed by atoms with van der Waals surface area (Å²) in [5, 5.41) is 0.992. The van der Waals surface area contributed by atoms with Crippen LogP contribution in [0.25, 0.3) is 20.8 Å². The number of aromatic nitrogens is 1. The van der Waals surface area contributed by atoms with E-state index in [-0.39, 0.29) is 12.3 Å². The molecule has 2 N–H and O–H groups in total. The number of rotatable bonds is 3. The predicted octanol–water partition coefficient (Wildman–Crippen LogP) is 2.99. The topological polar surface area (TPSA) is 56.0 Å². The highest BCUT2D eigenvalue weighted by Crippen LogP contribution is 2.29. The number of thiazole rings is 1. The molecule has 0 unspecified atom stereocenters. The summed E-state index contributed by atoms with van der Waals surface area (Å²) in [5.41, 5.74) is 8.19. The number of hydrogen-bond donors (Lipinski definition) is 1. The second-order valence-corrected chi connectivity index (χ2v) is 5.36. The van der Waals surface area contributed by atoms with Crippen LogP contribution in [-0.2, 0) is 11.2 Å². The molecule has 0 spiro atoms. The maximum absolute atomic E-state index is 10.9. The first-order valence-corrected chi connectivity index (χ1v) is 6.77. The second-order valence-electron chi connectivity index (χ2n) is 4.33. The molecular formula is C15H12N2OS. The van der Waals surface area contributed by atoms with Crippen molar-refractivity contribution >= 4 is 27.5 Å².